The Kier molecular flexibility index (Phi) is 4.01. The van der Waals surface area contributed by atoms with Gasteiger partial charge in [-0.15, -0.1) is 0 Å². The second-order valence-electron chi connectivity index (χ2n) is 4.13. The minimum atomic E-state index is -0.243. The highest BCUT2D eigenvalue weighted by Gasteiger charge is 2.11. The third-order valence-corrected chi connectivity index (χ3v) is 2.81. The molecule has 1 N–H and O–H groups in total. The molecular weight excluding hydrogens is 266 g/mol. The predicted molar refractivity (Wildman–Crippen MR) is 72.9 cm³/mol. The van der Waals surface area contributed by atoms with E-state index in [2.05, 4.69) is 15.3 Å². The Labute approximate surface area is 116 Å². The Morgan fingerprint density at radius 2 is 2.32 bits per heavy atom. The van der Waals surface area contributed by atoms with E-state index in [4.69, 9.17) is 11.6 Å². The summed E-state index contributed by atoms with van der Waals surface area (Å²) in [6.45, 7) is 0.420. The van der Waals surface area contributed by atoms with Crippen LogP contribution in [0.2, 0.25) is 5.02 Å². The molecule has 0 spiro atoms. The van der Waals surface area contributed by atoms with Crippen LogP contribution in [0.5, 0.6) is 0 Å². The third-order valence-electron chi connectivity index (χ3n) is 2.60. The van der Waals surface area contributed by atoms with Gasteiger partial charge in [0.15, 0.2) is 0 Å². The molecule has 2 aromatic heterocycles. The molecule has 2 heterocycles. The van der Waals surface area contributed by atoms with Crippen LogP contribution in [-0.4, -0.2) is 32.5 Å². The SMILES string of the molecule is CN(Cc1nccn1C)C(=O)Nc1cncc(Cl)c1. The van der Waals surface area contributed by atoms with Crippen molar-refractivity contribution < 1.29 is 4.79 Å². The summed E-state index contributed by atoms with van der Waals surface area (Å²) in [5.41, 5.74) is 0.559. The summed E-state index contributed by atoms with van der Waals surface area (Å²) < 4.78 is 1.87. The number of aromatic nitrogens is 3. The lowest BCUT2D eigenvalue weighted by Gasteiger charge is -2.17. The van der Waals surface area contributed by atoms with E-state index in [-0.39, 0.29) is 6.03 Å². The predicted octanol–water partition coefficient (Wildman–Crippen LogP) is 2.13. The molecule has 0 aromatic carbocycles. The van der Waals surface area contributed by atoms with Crippen molar-refractivity contribution in [2.45, 2.75) is 6.54 Å². The molecule has 0 radical (unpaired) electrons. The van der Waals surface area contributed by atoms with E-state index in [0.29, 0.717) is 17.3 Å². The molecule has 100 valence electrons. The molecule has 19 heavy (non-hydrogen) atoms. The Balaban J connectivity index is 1.98. The first kappa shape index (κ1) is 13.4. The van der Waals surface area contributed by atoms with Crippen molar-refractivity contribution in [1.29, 1.82) is 0 Å². The van der Waals surface area contributed by atoms with Crippen molar-refractivity contribution in [3.05, 3.63) is 41.7 Å². The Hall–Kier alpha value is -2.08. The number of carbonyl (C=O) groups is 1. The first-order valence-electron chi connectivity index (χ1n) is 5.65. The fraction of sp³-hybridized carbons (Fsp3) is 0.250. The number of urea groups is 1. The van der Waals surface area contributed by atoms with Crippen molar-refractivity contribution in [1.82, 2.24) is 19.4 Å². The number of pyridine rings is 1. The number of aryl methyl sites for hydroxylation is 1. The van der Waals surface area contributed by atoms with Gasteiger partial charge in [-0.25, -0.2) is 9.78 Å². The molecule has 2 amide bonds. The van der Waals surface area contributed by atoms with Gasteiger partial charge in [0, 0.05) is 32.7 Å². The number of rotatable bonds is 3. The Morgan fingerprint density at radius 1 is 1.53 bits per heavy atom. The van der Waals surface area contributed by atoms with Crippen molar-refractivity contribution in [2.75, 3.05) is 12.4 Å². The van der Waals surface area contributed by atoms with Crippen LogP contribution in [0.25, 0.3) is 0 Å². The number of nitrogens with one attached hydrogen (secondary N) is 1. The number of hydrogen-bond acceptors (Lipinski definition) is 3. The summed E-state index contributed by atoms with van der Waals surface area (Å²) in [5.74, 6) is 0.807. The quantitative estimate of drug-likeness (QED) is 0.936. The van der Waals surface area contributed by atoms with Crippen LogP contribution >= 0.6 is 11.6 Å². The normalized spacial score (nSPS) is 10.3. The minimum absolute atomic E-state index is 0.243. The van der Waals surface area contributed by atoms with Crippen molar-refractivity contribution in [3.63, 3.8) is 0 Å². The number of carbonyl (C=O) groups excluding carboxylic acids is 1. The molecule has 0 bridgehead atoms. The van der Waals surface area contributed by atoms with E-state index < -0.39 is 0 Å². The maximum absolute atomic E-state index is 12.0. The van der Waals surface area contributed by atoms with Crippen LogP contribution in [0.15, 0.2) is 30.9 Å². The summed E-state index contributed by atoms with van der Waals surface area (Å²) in [6, 6.07) is 1.40. The number of hydrogen-bond donors (Lipinski definition) is 1. The summed E-state index contributed by atoms with van der Waals surface area (Å²) in [5, 5.41) is 3.19. The third kappa shape index (κ3) is 3.45. The van der Waals surface area contributed by atoms with Crippen LogP contribution in [0.4, 0.5) is 10.5 Å². The lowest BCUT2D eigenvalue weighted by Crippen LogP contribution is -2.31. The number of halogens is 1. The van der Waals surface area contributed by atoms with Gasteiger partial charge >= 0.3 is 6.03 Å². The van der Waals surface area contributed by atoms with Crippen LogP contribution < -0.4 is 5.32 Å². The Morgan fingerprint density at radius 3 is 2.95 bits per heavy atom. The van der Waals surface area contributed by atoms with Gasteiger partial charge in [0.1, 0.15) is 5.82 Å². The fourth-order valence-corrected chi connectivity index (χ4v) is 1.71. The monoisotopic (exact) mass is 279 g/mol. The first-order chi connectivity index (χ1) is 9.06. The van der Waals surface area contributed by atoms with Gasteiger partial charge in [-0.3, -0.25) is 4.98 Å². The van der Waals surface area contributed by atoms with Gasteiger partial charge in [0.05, 0.1) is 23.5 Å². The number of nitrogens with zero attached hydrogens (tertiary/aromatic N) is 4. The van der Waals surface area contributed by atoms with Gasteiger partial charge in [-0.05, 0) is 6.07 Å². The van der Waals surface area contributed by atoms with E-state index in [9.17, 15) is 4.79 Å². The van der Waals surface area contributed by atoms with Crippen molar-refractivity contribution in [2.24, 2.45) is 7.05 Å². The first-order valence-corrected chi connectivity index (χ1v) is 6.03. The molecule has 0 aliphatic rings. The molecule has 0 atom stereocenters. The lowest BCUT2D eigenvalue weighted by molar-refractivity contribution is 0.219. The standard InChI is InChI=1S/C12H14ClN5O/c1-17-4-3-15-11(17)8-18(2)12(19)16-10-5-9(13)6-14-7-10/h3-7H,8H2,1-2H3,(H,16,19). The average molecular weight is 280 g/mol. The van der Waals surface area contributed by atoms with Crippen LogP contribution in [0.1, 0.15) is 5.82 Å². The molecule has 2 aromatic rings. The highest BCUT2D eigenvalue weighted by Crippen LogP contribution is 2.13. The molecule has 6 nitrogen and oxygen atoms in total. The smallest absolute Gasteiger partial charge is 0.322 e. The number of amides is 2. The zero-order valence-corrected chi connectivity index (χ0v) is 11.4. The van der Waals surface area contributed by atoms with E-state index in [0.717, 1.165) is 5.82 Å². The average Bonchev–Trinajstić information content (AvgIpc) is 2.75. The van der Waals surface area contributed by atoms with Gasteiger partial charge < -0.3 is 14.8 Å². The number of imidazole rings is 1. The van der Waals surface area contributed by atoms with Gasteiger partial charge in [0.25, 0.3) is 0 Å². The van der Waals surface area contributed by atoms with Gasteiger partial charge in [-0.1, -0.05) is 11.6 Å². The molecule has 2 rings (SSSR count). The summed E-state index contributed by atoms with van der Waals surface area (Å²) in [7, 11) is 3.58. The highest BCUT2D eigenvalue weighted by atomic mass is 35.5. The van der Waals surface area contributed by atoms with Crippen molar-refractivity contribution >= 4 is 23.3 Å². The summed E-state index contributed by atoms with van der Waals surface area (Å²) in [6.07, 6.45) is 6.58. The second kappa shape index (κ2) is 5.71. The van der Waals surface area contributed by atoms with Crippen LogP contribution in [-0.2, 0) is 13.6 Å². The molecule has 0 saturated heterocycles. The van der Waals surface area contributed by atoms with Crippen LogP contribution in [0, 0.1) is 0 Å². The molecular formula is C12H14ClN5O. The number of anilines is 1. The topological polar surface area (TPSA) is 63.1 Å². The fourth-order valence-electron chi connectivity index (χ4n) is 1.53. The second-order valence-corrected chi connectivity index (χ2v) is 4.57. The Bertz CT molecular complexity index is 583. The highest BCUT2D eigenvalue weighted by molar-refractivity contribution is 6.30. The van der Waals surface area contributed by atoms with E-state index in [1.165, 1.54) is 11.1 Å². The largest absolute Gasteiger partial charge is 0.337 e. The zero-order valence-electron chi connectivity index (χ0n) is 10.7. The molecule has 7 heteroatoms. The van der Waals surface area contributed by atoms with E-state index in [1.54, 1.807) is 25.5 Å². The van der Waals surface area contributed by atoms with Gasteiger partial charge in [0.2, 0.25) is 0 Å². The molecule has 0 saturated carbocycles. The molecule has 0 unspecified atom stereocenters. The molecule has 0 aliphatic carbocycles. The van der Waals surface area contributed by atoms with Crippen molar-refractivity contribution in [3.8, 4) is 0 Å². The summed E-state index contributed by atoms with van der Waals surface area (Å²) in [4.78, 5) is 21.6. The van der Waals surface area contributed by atoms with E-state index >= 15 is 0 Å². The van der Waals surface area contributed by atoms with E-state index in [1.807, 2.05) is 17.8 Å². The van der Waals surface area contributed by atoms with Crippen LogP contribution in [0.3, 0.4) is 0 Å². The molecule has 0 aliphatic heterocycles. The van der Waals surface area contributed by atoms with Gasteiger partial charge in [-0.2, -0.15) is 0 Å². The summed E-state index contributed by atoms with van der Waals surface area (Å²) >= 11 is 5.80. The maximum atomic E-state index is 12.0. The maximum Gasteiger partial charge on any atom is 0.322 e. The molecule has 0 fully saturated rings. The zero-order chi connectivity index (χ0) is 13.8. The minimum Gasteiger partial charge on any atom is -0.337 e. The lowest BCUT2D eigenvalue weighted by atomic mass is 10.4.